The summed E-state index contributed by atoms with van der Waals surface area (Å²) in [6.45, 7) is 10.5. The maximum Gasteiger partial charge on any atom is 0.262 e. The lowest BCUT2D eigenvalue weighted by Crippen LogP contribution is -1.96. The molecule has 4 nitrogen and oxygen atoms in total. The molecule has 0 aliphatic carbocycles. The summed E-state index contributed by atoms with van der Waals surface area (Å²) < 4.78 is 11.9. The number of hydrogen-bond donors (Lipinski definition) is 0. The minimum absolute atomic E-state index is 0.439. The Labute approximate surface area is 135 Å². The van der Waals surface area contributed by atoms with Crippen molar-refractivity contribution in [3.8, 4) is 17.4 Å². The SMILES string of the molecule is CC.CC.CCOc1cccnc1Oc1cncc(Br)c1. The van der Waals surface area contributed by atoms with Gasteiger partial charge >= 0.3 is 0 Å². The minimum atomic E-state index is 0.439. The fraction of sp³-hybridized carbons (Fsp3) is 0.375. The summed E-state index contributed by atoms with van der Waals surface area (Å²) >= 11 is 3.33. The molecule has 2 rings (SSSR count). The van der Waals surface area contributed by atoms with E-state index in [-0.39, 0.29) is 0 Å². The zero-order chi connectivity index (χ0) is 16.1. The van der Waals surface area contributed by atoms with Gasteiger partial charge in [0.1, 0.15) is 5.75 Å². The molecule has 0 aliphatic rings. The Morgan fingerprint density at radius 2 is 1.86 bits per heavy atom. The number of rotatable bonds is 4. The van der Waals surface area contributed by atoms with Gasteiger partial charge in [-0.25, -0.2) is 4.98 Å². The van der Waals surface area contributed by atoms with Crippen molar-refractivity contribution in [2.45, 2.75) is 34.6 Å². The molecule has 5 heteroatoms. The highest BCUT2D eigenvalue weighted by Gasteiger charge is 2.07. The Bertz CT molecular complexity index is 507. The van der Waals surface area contributed by atoms with Crippen LogP contribution in [0.4, 0.5) is 0 Å². The first-order chi connectivity index (χ1) is 10.3. The standard InChI is InChI=1S/C12H11BrN2O2.2C2H6/c1-2-16-11-4-3-5-15-12(11)17-10-6-9(13)7-14-8-10;2*1-2/h3-8H,2H2,1H3;2*1-2H3. The van der Waals surface area contributed by atoms with Gasteiger partial charge in [0.25, 0.3) is 5.88 Å². The zero-order valence-corrected chi connectivity index (χ0v) is 14.8. The molecule has 2 aromatic heterocycles. The van der Waals surface area contributed by atoms with E-state index in [1.165, 1.54) is 0 Å². The molecular formula is C16H23BrN2O2. The van der Waals surface area contributed by atoms with Gasteiger partial charge in [-0.1, -0.05) is 27.7 Å². The van der Waals surface area contributed by atoms with Gasteiger partial charge in [-0.15, -0.1) is 0 Å². The van der Waals surface area contributed by atoms with E-state index in [0.717, 1.165) is 4.47 Å². The molecule has 0 spiro atoms. The average Bonchev–Trinajstić information content (AvgIpc) is 2.54. The van der Waals surface area contributed by atoms with Crippen LogP contribution in [0.5, 0.6) is 17.4 Å². The average molecular weight is 355 g/mol. The van der Waals surface area contributed by atoms with E-state index in [0.29, 0.717) is 24.0 Å². The number of halogens is 1. The molecule has 0 radical (unpaired) electrons. The normalized spacial score (nSPS) is 8.67. The van der Waals surface area contributed by atoms with Crippen molar-refractivity contribution in [3.63, 3.8) is 0 Å². The third-order valence-corrected chi connectivity index (χ3v) is 2.36. The van der Waals surface area contributed by atoms with E-state index in [2.05, 4.69) is 25.9 Å². The van der Waals surface area contributed by atoms with Gasteiger partial charge in [0.2, 0.25) is 0 Å². The van der Waals surface area contributed by atoms with Crippen LogP contribution in [-0.2, 0) is 0 Å². The molecule has 0 atom stereocenters. The fourth-order valence-corrected chi connectivity index (χ4v) is 1.62. The second-order valence-corrected chi connectivity index (χ2v) is 4.10. The smallest absolute Gasteiger partial charge is 0.262 e. The maximum atomic E-state index is 5.61. The monoisotopic (exact) mass is 354 g/mol. The lowest BCUT2D eigenvalue weighted by molar-refractivity contribution is 0.316. The van der Waals surface area contributed by atoms with Crippen molar-refractivity contribution in [2.24, 2.45) is 0 Å². The van der Waals surface area contributed by atoms with Crippen LogP contribution in [0, 0.1) is 0 Å². The van der Waals surface area contributed by atoms with Gasteiger partial charge < -0.3 is 9.47 Å². The summed E-state index contributed by atoms with van der Waals surface area (Å²) in [6, 6.07) is 5.44. The van der Waals surface area contributed by atoms with E-state index in [9.17, 15) is 0 Å². The van der Waals surface area contributed by atoms with Crippen LogP contribution in [-0.4, -0.2) is 16.6 Å². The second-order valence-electron chi connectivity index (χ2n) is 3.18. The molecule has 2 heterocycles. The number of ether oxygens (including phenoxy) is 2. The van der Waals surface area contributed by atoms with Crippen LogP contribution in [0.15, 0.2) is 41.3 Å². The molecule has 0 aromatic carbocycles. The molecule has 21 heavy (non-hydrogen) atoms. The van der Waals surface area contributed by atoms with Crippen molar-refractivity contribution in [2.75, 3.05) is 6.61 Å². The molecule has 0 amide bonds. The third-order valence-electron chi connectivity index (χ3n) is 1.93. The number of nitrogens with zero attached hydrogens (tertiary/aromatic N) is 2. The lowest BCUT2D eigenvalue weighted by atomic mass is 10.4. The largest absolute Gasteiger partial charge is 0.488 e. The van der Waals surface area contributed by atoms with E-state index in [4.69, 9.17) is 9.47 Å². The zero-order valence-electron chi connectivity index (χ0n) is 13.3. The van der Waals surface area contributed by atoms with Gasteiger partial charge in [-0.2, -0.15) is 0 Å². The van der Waals surface area contributed by atoms with Gasteiger partial charge in [0, 0.05) is 16.9 Å². The summed E-state index contributed by atoms with van der Waals surface area (Å²) in [5.41, 5.74) is 0. The van der Waals surface area contributed by atoms with E-state index >= 15 is 0 Å². The maximum absolute atomic E-state index is 5.61. The van der Waals surface area contributed by atoms with Gasteiger partial charge in [-0.3, -0.25) is 4.98 Å². The number of pyridine rings is 2. The number of aromatic nitrogens is 2. The van der Waals surface area contributed by atoms with E-state index < -0.39 is 0 Å². The Balaban J connectivity index is 0.000000921. The quantitative estimate of drug-likeness (QED) is 0.728. The number of hydrogen-bond acceptors (Lipinski definition) is 4. The summed E-state index contributed by atoms with van der Waals surface area (Å²) in [5, 5.41) is 0. The molecule has 116 valence electrons. The van der Waals surface area contributed by atoms with Crippen molar-refractivity contribution >= 4 is 15.9 Å². The minimum Gasteiger partial charge on any atom is -0.488 e. The Hall–Kier alpha value is -1.62. The van der Waals surface area contributed by atoms with Crippen LogP contribution in [0.25, 0.3) is 0 Å². The van der Waals surface area contributed by atoms with Crippen molar-refractivity contribution < 1.29 is 9.47 Å². The molecule has 2 aromatic rings. The highest BCUT2D eigenvalue weighted by molar-refractivity contribution is 9.10. The first-order valence-electron chi connectivity index (χ1n) is 7.16. The molecular weight excluding hydrogens is 332 g/mol. The fourth-order valence-electron chi connectivity index (χ4n) is 1.28. The summed E-state index contributed by atoms with van der Waals surface area (Å²) in [7, 11) is 0. The highest BCUT2D eigenvalue weighted by Crippen LogP contribution is 2.29. The van der Waals surface area contributed by atoms with E-state index in [1.807, 2.05) is 46.8 Å². The van der Waals surface area contributed by atoms with Gasteiger partial charge in [-0.05, 0) is 41.1 Å². The van der Waals surface area contributed by atoms with E-state index in [1.54, 1.807) is 24.7 Å². The highest BCUT2D eigenvalue weighted by atomic mass is 79.9. The molecule has 0 fully saturated rings. The third kappa shape index (κ3) is 7.09. The Morgan fingerprint density at radius 3 is 2.48 bits per heavy atom. The molecule has 0 saturated heterocycles. The van der Waals surface area contributed by atoms with Crippen LogP contribution in [0.1, 0.15) is 34.6 Å². The molecule has 0 saturated carbocycles. The molecule has 0 bridgehead atoms. The molecule has 0 aliphatic heterocycles. The van der Waals surface area contributed by atoms with Crippen molar-refractivity contribution in [1.29, 1.82) is 0 Å². The first kappa shape index (κ1) is 19.4. The lowest BCUT2D eigenvalue weighted by Gasteiger charge is -2.09. The predicted octanol–water partition coefficient (Wildman–Crippen LogP) is 5.48. The van der Waals surface area contributed by atoms with Crippen LogP contribution in [0.2, 0.25) is 0 Å². The molecule has 0 unspecified atom stereocenters. The van der Waals surface area contributed by atoms with Crippen LogP contribution in [0.3, 0.4) is 0 Å². The summed E-state index contributed by atoms with van der Waals surface area (Å²) in [6.07, 6.45) is 4.97. The van der Waals surface area contributed by atoms with Gasteiger partial charge in [0.05, 0.1) is 12.8 Å². The summed E-state index contributed by atoms with van der Waals surface area (Å²) in [4.78, 5) is 8.15. The predicted molar refractivity (Wildman–Crippen MR) is 90.1 cm³/mol. The Morgan fingerprint density at radius 1 is 1.14 bits per heavy atom. The van der Waals surface area contributed by atoms with Crippen LogP contribution >= 0.6 is 15.9 Å². The topological polar surface area (TPSA) is 44.2 Å². The first-order valence-corrected chi connectivity index (χ1v) is 7.95. The second kappa shape index (κ2) is 12.1. The van der Waals surface area contributed by atoms with Crippen molar-refractivity contribution in [1.82, 2.24) is 9.97 Å². The van der Waals surface area contributed by atoms with Crippen LogP contribution < -0.4 is 9.47 Å². The Kier molecular flexibility index (Phi) is 11.2. The van der Waals surface area contributed by atoms with Gasteiger partial charge in [0.15, 0.2) is 5.75 Å². The summed E-state index contributed by atoms with van der Waals surface area (Å²) in [5.74, 6) is 1.67. The molecule has 0 N–H and O–H groups in total. The van der Waals surface area contributed by atoms with Crippen molar-refractivity contribution in [3.05, 3.63) is 41.3 Å².